The van der Waals surface area contributed by atoms with Crippen LogP contribution in [0.4, 0.5) is 0 Å². The maximum absolute atomic E-state index is 12.4. The van der Waals surface area contributed by atoms with Crippen LogP contribution in [-0.4, -0.2) is 24.2 Å². The number of benzene rings is 1. The van der Waals surface area contributed by atoms with Crippen LogP contribution in [0.3, 0.4) is 0 Å². The third-order valence-corrected chi connectivity index (χ3v) is 5.13. The number of carbonyl (C=O) groups is 1. The Balaban J connectivity index is 1.49. The Morgan fingerprint density at radius 1 is 1.06 bits per heavy atom. The molecule has 0 aliphatic carbocycles. The van der Waals surface area contributed by atoms with E-state index < -0.39 is 5.63 Å². The number of fused-ring (bicyclic) bond motifs is 1. The standard InChI is InChI=1S/C26H26N2O5/c1-2-25(29)32-14-10-6-4-3-5-9-13-31-24-16-20-15-22(26(30)33-23(20)18-28-24)21-12-8-7-11-19(21)17-27/h2,7-8,11-12,15-16,18H,1,3-6,9-10,13-14H2. The molecular formula is C26H26N2O5. The number of hydrogen-bond acceptors (Lipinski definition) is 7. The normalized spacial score (nSPS) is 10.5. The van der Waals surface area contributed by atoms with Gasteiger partial charge in [0.05, 0.1) is 36.6 Å². The fourth-order valence-electron chi connectivity index (χ4n) is 3.41. The van der Waals surface area contributed by atoms with Crippen molar-refractivity contribution in [3.05, 3.63) is 71.2 Å². The van der Waals surface area contributed by atoms with Crippen LogP contribution in [-0.2, 0) is 9.53 Å². The van der Waals surface area contributed by atoms with Crippen LogP contribution in [0.2, 0.25) is 0 Å². The molecule has 0 N–H and O–H groups in total. The van der Waals surface area contributed by atoms with E-state index in [4.69, 9.17) is 13.9 Å². The summed E-state index contributed by atoms with van der Waals surface area (Å²) >= 11 is 0. The van der Waals surface area contributed by atoms with Crippen LogP contribution in [0, 0.1) is 11.3 Å². The quantitative estimate of drug-likeness (QED) is 0.215. The first-order valence-electron chi connectivity index (χ1n) is 11.0. The highest BCUT2D eigenvalue weighted by molar-refractivity contribution is 5.83. The van der Waals surface area contributed by atoms with Crippen LogP contribution in [0.1, 0.15) is 44.1 Å². The molecule has 0 aliphatic rings. The van der Waals surface area contributed by atoms with E-state index >= 15 is 0 Å². The summed E-state index contributed by atoms with van der Waals surface area (Å²) in [6.45, 7) is 4.34. The van der Waals surface area contributed by atoms with Crippen molar-refractivity contribution >= 4 is 16.9 Å². The van der Waals surface area contributed by atoms with E-state index in [1.807, 2.05) is 0 Å². The molecule has 0 unspecified atom stereocenters. The molecule has 0 amide bonds. The van der Waals surface area contributed by atoms with Gasteiger partial charge < -0.3 is 13.9 Å². The van der Waals surface area contributed by atoms with E-state index in [9.17, 15) is 14.9 Å². The molecule has 7 heteroatoms. The van der Waals surface area contributed by atoms with Crippen molar-refractivity contribution in [1.82, 2.24) is 4.98 Å². The number of esters is 1. The highest BCUT2D eigenvalue weighted by Crippen LogP contribution is 2.25. The van der Waals surface area contributed by atoms with Gasteiger partial charge in [-0.15, -0.1) is 0 Å². The number of nitriles is 1. The van der Waals surface area contributed by atoms with Gasteiger partial charge in [-0.25, -0.2) is 14.6 Å². The number of hydrogen-bond donors (Lipinski definition) is 0. The average molecular weight is 447 g/mol. The van der Waals surface area contributed by atoms with Gasteiger partial charge >= 0.3 is 11.6 Å². The number of nitrogens with zero attached hydrogens (tertiary/aromatic N) is 2. The number of rotatable bonds is 12. The van der Waals surface area contributed by atoms with Crippen LogP contribution < -0.4 is 10.4 Å². The van der Waals surface area contributed by atoms with E-state index in [2.05, 4.69) is 17.6 Å². The largest absolute Gasteiger partial charge is 0.478 e. The molecule has 0 saturated carbocycles. The molecule has 33 heavy (non-hydrogen) atoms. The minimum absolute atomic E-state index is 0.330. The SMILES string of the molecule is C=CC(=O)OCCCCCCCCOc1cc2cc(-c3ccccc3C#N)c(=O)oc2cn1. The highest BCUT2D eigenvalue weighted by Gasteiger charge is 2.12. The molecular weight excluding hydrogens is 420 g/mol. The Kier molecular flexibility index (Phi) is 8.78. The fraction of sp³-hybridized carbons (Fsp3) is 0.308. The van der Waals surface area contributed by atoms with Crippen molar-refractivity contribution in [2.24, 2.45) is 0 Å². The first kappa shape index (κ1) is 23.7. The Morgan fingerprint density at radius 3 is 2.55 bits per heavy atom. The Morgan fingerprint density at radius 2 is 1.79 bits per heavy atom. The molecule has 2 heterocycles. The topological polar surface area (TPSA) is 102 Å². The Bertz CT molecular complexity index is 1210. The Labute approximate surface area is 192 Å². The zero-order chi connectivity index (χ0) is 23.5. The second-order valence-corrected chi connectivity index (χ2v) is 7.51. The van der Waals surface area contributed by atoms with Gasteiger partial charge in [0.2, 0.25) is 5.88 Å². The molecule has 3 rings (SSSR count). The third kappa shape index (κ3) is 6.78. The molecule has 1 aromatic carbocycles. The number of pyridine rings is 1. The van der Waals surface area contributed by atoms with Gasteiger partial charge in [-0.2, -0.15) is 5.26 Å². The number of unbranched alkanes of at least 4 members (excludes halogenated alkanes) is 5. The summed E-state index contributed by atoms with van der Waals surface area (Å²) in [5.74, 6) is 0.0831. The molecule has 0 aliphatic heterocycles. The van der Waals surface area contributed by atoms with Crippen molar-refractivity contribution in [2.45, 2.75) is 38.5 Å². The van der Waals surface area contributed by atoms with Gasteiger partial charge in [-0.05, 0) is 25.0 Å². The van der Waals surface area contributed by atoms with Crippen LogP contribution in [0.25, 0.3) is 22.1 Å². The van der Waals surface area contributed by atoms with E-state index in [1.165, 1.54) is 12.3 Å². The molecule has 3 aromatic rings. The lowest BCUT2D eigenvalue weighted by molar-refractivity contribution is -0.137. The van der Waals surface area contributed by atoms with Gasteiger partial charge in [0.25, 0.3) is 0 Å². The van der Waals surface area contributed by atoms with Gasteiger partial charge in [-0.1, -0.05) is 50.5 Å². The first-order chi connectivity index (χ1) is 16.1. The summed E-state index contributed by atoms with van der Waals surface area (Å²) in [5.41, 5.74) is 1.13. The summed E-state index contributed by atoms with van der Waals surface area (Å²) in [4.78, 5) is 27.6. The van der Waals surface area contributed by atoms with Gasteiger partial charge in [-0.3, -0.25) is 0 Å². The maximum atomic E-state index is 12.4. The molecule has 2 aromatic heterocycles. The Hall–Kier alpha value is -3.92. The lowest BCUT2D eigenvalue weighted by Crippen LogP contribution is -2.05. The first-order valence-corrected chi connectivity index (χ1v) is 11.0. The van der Waals surface area contributed by atoms with E-state index in [-0.39, 0.29) is 5.97 Å². The van der Waals surface area contributed by atoms with Crippen molar-refractivity contribution in [2.75, 3.05) is 13.2 Å². The zero-order valence-corrected chi connectivity index (χ0v) is 18.4. The van der Waals surface area contributed by atoms with E-state index in [0.717, 1.165) is 38.5 Å². The van der Waals surface area contributed by atoms with Crippen molar-refractivity contribution in [3.8, 4) is 23.1 Å². The van der Waals surface area contributed by atoms with Crippen LogP contribution in [0.15, 0.2) is 64.5 Å². The molecule has 170 valence electrons. The zero-order valence-electron chi connectivity index (χ0n) is 18.4. The second kappa shape index (κ2) is 12.2. The number of carbonyl (C=O) groups excluding carboxylic acids is 1. The predicted molar refractivity (Wildman–Crippen MR) is 125 cm³/mol. The maximum Gasteiger partial charge on any atom is 0.344 e. The molecule has 7 nitrogen and oxygen atoms in total. The van der Waals surface area contributed by atoms with Crippen molar-refractivity contribution in [1.29, 1.82) is 5.26 Å². The molecule has 0 bridgehead atoms. The molecule has 0 atom stereocenters. The molecule has 0 fully saturated rings. The minimum Gasteiger partial charge on any atom is -0.478 e. The van der Waals surface area contributed by atoms with E-state index in [1.54, 1.807) is 36.4 Å². The summed E-state index contributed by atoms with van der Waals surface area (Å²) in [7, 11) is 0. The molecule has 0 spiro atoms. The van der Waals surface area contributed by atoms with Gasteiger partial charge in [0.15, 0.2) is 5.58 Å². The fourth-order valence-corrected chi connectivity index (χ4v) is 3.41. The van der Waals surface area contributed by atoms with Crippen LogP contribution in [0.5, 0.6) is 5.88 Å². The van der Waals surface area contributed by atoms with Gasteiger partial charge in [0.1, 0.15) is 0 Å². The van der Waals surface area contributed by atoms with Crippen molar-refractivity contribution < 1.29 is 18.7 Å². The predicted octanol–water partition coefficient (Wildman–Crippen LogP) is 5.18. The third-order valence-electron chi connectivity index (χ3n) is 5.13. The molecule has 0 radical (unpaired) electrons. The summed E-state index contributed by atoms with van der Waals surface area (Å²) in [5, 5.41) is 10.0. The average Bonchev–Trinajstić information content (AvgIpc) is 2.84. The lowest BCUT2D eigenvalue weighted by Gasteiger charge is -2.07. The summed E-state index contributed by atoms with van der Waals surface area (Å²) < 4.78 is 16.1. The lowest BCUT2D eigenvalue weighted by atomic mass is 10.0. The minimum atomic E-state index is -0.514. The monoisotopic (exact) mass is 446 g/mol. The molecule has 0 saturated heterocycles. The number of aromatic nitrogens is 1. The summed E-state index contributed by atoms with van der Waals surface area (Å²) in [6.07, 6.45) is 8.61. The highest BCUT2D eigenvalue weighted by atomic mass is 16.5. The van der Waals surface area contributed by atoms with E-state index in [0.29, 0.717) is 46.8 Å². The second-order valence-electron chi connectivity index (χ2n) is 7.51. The van der Waals surface area contributed by atoms with Crippen LogP contribution >= 0.6 is 0 Å². The van der Waals surface area contributed by atoms with Gasteiger partial charge in [0, 0.05) is 23.1 Å². The summed E-state index contributed by atoms with van der Waals surface area (Å²) in [6, 6.07) is 12.5. The van der Waals surface area contributed by atoms with Crippen molar-refractivity contribution in [3.63, 3.8) is 0 Å². The number of ether oxygens (including phenoxy) is 2. The smallest absolute Gasteiger partial charge is 0.344 e.